The van der Waals surface area contributed by atoms with Crippen molar-refractivity contribution in [3.05, 3.63) is 18.2 Å². The number of carbonyl (C=O) groups excluding carboxylic acids is 1. The average Bonchev–Trinajstić information content (AvgIpc) is 2.85. The summed E-state index contributed by atoms with van der Waals surface area (Å²) in [7, 11) is 0. The summed E-state index contributed by atoms with van der Waals surface area (Å²) in [4.78, 5) is 18.1. The fraction of sp³-hybridized carbons (Fsp3) is 0.529. The lowest BCUT2D eigenvalue weighted by atomic mass is 10.1. The van der Waals surface area contributed by atoms with Crippen molar-refractivity contribution in [1.29, 1.82) is 0 Å². The molecule has 1 aromatic rings. The van der Waals surface area contributed by atoms with Crippen LogP contribution in [0.4, 0.5) is 5.69 Å². The van der Waals surface area contributed by atoms with Crippen LogP contribution in [0.3, 0.4) is 0 Å². The minimum absolute atomic E-state index is 0. The van der Waals surface area contributed by atoms with Gasteiger partial charge in [0, 0.05) is 31.3 Å². The Morgan fingerprint density at radius 3 is 2.60 bits per heavy atom. The number of carbonyl (C=O) groups is 1. The summed E-state index contributed by atoms with van der Waals surface area (Å²) in [5, 5.41) is 2.99. The number of nitrogens with two attached hydrogens (primary N) is 1. The molecule has 2 aliphatic heterocycles. The van der Waals surface area contributed by atoms with E-state index in [0.29, 0.717) is 19.0 Å². The van der Waals surface area contributed by atoms with Gasteiger partial charge in [0.05, 0.1) is 13.2 Å². The Morgan fingerprint density at radius 2 is 1.84 bits per heavy atom. The Bertz CT molecular complexity index is 618. The number of likely N-dealkylation sites (tertiary alicyclic amines) is 1. The predicted octanol–water partition coefficient (Wildman–Crippen LogP) is 2.21. The number of nitrogens with zero attached hydrogens (tertiary/aromatic N) is 2. The second kappa shape index (κ2) is 9.69. The zero-order chi connectivity index (χ0) is 16.8. The van der Waals surface area contributed by atoms with Crippen LogP contribution in [0.25, 0.3) is 0 Å². The van der Waals surface area contributed by atoms with Gasteiger partial charge in [-0.15, -0.1) is 24.0 Å². The fourth-order valence-corrected chi connectivity index (χ4v) is 2.82. The van der Waals surface area contributed by atoms with E-state index in [-0.39, 0.29) is 42.4 Å². The van der Waals surface area contributed by atoms with E-state index < -0.39 is 0 Å². The molecule has 3 rings (SSSR count). The van der Waals surface area contributed by atoms with Crippen molar-refractivity contribution >= 4 is 41.5 Å². The molecule has 0 atom stereocenters. The minimum atomic E-state index is 0. The molecule has 1 saturated heterocycles. The van der Waals surface area contributed by atoms with Crippen LogP contribution in [0.15, 0.2) is 23.2 Å². The maximum atomic E-state index is 12.1. The molecule has 7 nitrogen and oxygen atoms in total. The monoisotopic (exact) mass is 460 g/mol. The standard InChI is InChI=1S/C17H24N4O3.HI/c18-17(19-12-16(22)21-7-2-1-3-8-21)20-13-5-6-14-15(11-13)24-10-4-9-23-14;/h5-6,11H,1-4,7-10,12H2,(H3,18,19,20);1H. The fourth-order valence-electron chi connectivity index (χ4n) is 2.82. The Labute approximate surface area is 165 Å². The van der Waals surface area contributed by atoms with Gasteiger partial charge in [-0.3, -0.25) is 4.79 Å². The van der Waals surface area contributed by atoms with E-state index in [1.807, 2.05) is 23.1 Å². The van der Waals surface area contributed by atoms with Gasteiger partial charge < -0.3 is 25.4 Å². The van der Waals surface area contributed by atoms with Gasteiger partial charge in [-0.1, -0.05) is 0 Å². The van der Waals surface area contributed by atoms with E-state index in [1.165, 1.54) is 6.42 Å². The van der Waals surface area contributed by atoms with Crippen molar-refractivity contribution in [3.8, 4) is 11.5 Å². The number of ether oxygens (including phenoxy) is 2. The van der Waals surface area contributed by atoms with Crippen molar-refractivity contribution < 1.29 is 14.3 Å². The smallest absolute Gasteiger partial charge is 0.244 e. The zero-order valence-corrected chi connectivity index (χ0v) is 16.5. The maximum absolute atomic E-state index is 12.1. The number of halogens is 1. The zero-order valence-electron chi connectivity index (χ0n) is 14.2. The SMILES string of the molecule is I.NC(=NCC(=O)N1CCCCC1)Nc1ccc2c(c1)OCCCO2. The number of piperidine rings is 1. The van der Waals surface area contributed by atoms with Crippen LogP contribution in [0.5, 0.6) is 11.5 Å². The number of aliphatic imine (C=N–C) groups is 1. The number of benzene rings is 1. The summed E-state index contributed by atoms with van der Waals surface area (Å²) < 4.78 is 11.2. The van der Waals surface area contributed by atoms with E-state index in [4.69, 9.17) is 15.2 Å². The molecule has 2 aliphatic rings. The molecule has 1 amide bonds. The first kappa shape index (κ1) is 19.6. The molecule has 138 valence electrons. The largest absolute Gasteiger partial charge is 0.490 e. The molecule has 2 heterocycles. The van der Waals surface area contributed by atoms with Gasteiger partial charge in [-0.2, -0.15) is 0 Å². The number of guanidine groups is 1. The highest BCUT2D eigenvalue weighted by Crippen LogP contribution is 2.32. The lowest BCUT2D eigenvalue weighted by molar-refractivity contribution is -0.130. The molecule has 3 N–H and O–H groups in total. The number of anilines is 1. The van der Waals surface area contributed by atoms with Gasteiger partial charge in [0.1, 0.15) is 6.54 Å². The molecule has 1 fully saturated rings. The Balaban J connectivity index is 0.00000225. The van der Waals surface area contributed by atoms with E-state index >= 15 is 0 Å². The highest BCUT2D eigenvalue weighted by Gasteiger charge is 2.16. The maximum Gasteiger partial charge on any atom is 0.244 e. The summed E-state index contributed by atoms with van der Waals surface area (Å²) in [6, 6.07) is 5.52. The molecule has 1 aromatic carbocycles. The second-order valence-corrected chi connectivity index (χ2v) is 5.98. The van der Waals surface area contributed by atoms with Gasteiger partial charge in [0.15, 0.2) is 17.5 Å². The van der Waals surface area contributed by atoms with Crippen LogP contribution in [-0.2, 0) is 4.79 Å². The quantitative estimate of drug-likeness (QED) is 0.410. The molecule has 0 spiro atoms. The highest BCUT2D eigenvalue weighted by molar-refractivity contribution is 14.0. The number of fused-ring (bicyclic) bond motifs is 1. The molecular formula is C17H25IN4O3. The van der Waals surface area contributed by atoms with Crippen LogP contribution in [0, 0.1) is 0 Å². The molecule has 0 saturated carbocycles. The molecule has 25 heavy (non-hydrogen) atoms. The summed E-state index contributed by atoms with van der Waals surface area (Å²) in [6.45, 7) is 3.00. The van der Waals surface area contributed by atoms with Gasteiger partial charge in [0.25, 0.3) is 0 Å². The molecular weight excluding hydrogens is 435 g/mol. The molecule has 0 aliphatic carbocycles. The van der Waals surface area contributed by atoms with E-state index in [0.717, 1.165) is 43.8 Å². The summed E-state index contributed by atoms with van der Waals surface area (Å²) >= 11 is 0. The lowest BCUT2D eigenvalue weighted by Gasteiger charge is -2.26. The Morgan fingerprint density at radius 1 is 1.12 bits per heavy atom. The van der Waals surface area contributed by atoms with Gasteiger partial charge >= 0.3 is 0 Å². The first-order chi connectivity index (χ1) is 11.7. The van der Waals surface area contributed by atoms with Gasteiger partial charge in [-0.25, -0.2) is 4.99 Å². The minimum Gasteiger partial charge on any atom is -0.490 e. The number of nitrogens with one attached hydrogen (secondary N) is 1. The third-order valence-electron chi connectivity index (χ3n) is 4.11. The highest BCUT2D eigenvalue weighted by atomic mass is 127. The summed E-state index contributed by atoms with van der Waals surface area (Å²) in [5.74, 6) is 1.66. The second-order valence-electron chi connectivity index (χ2n) is 5.98. The summed E-state index contributed by atoms with van der Waals surface area (Å²) in [5.41, 5.74) is 6.64. The normalized spacial score (nSPS) is 17.3. The van der Waals surface area contributed by atoms with Gasteiger partial charge in [0.2, 0.25) is 5.91 Å². The topological polar surface area (TPSA) is 89.2 Å². The van der Waals surface area contributed by atoms with E-state index in [9.17, 15) is 4.79 Å². The van der Waals surface area contributed by atoms with E-state index in [1.54, 1.807) is 0 Å². The third-order valence-corrected chi connectivity index (χ3v) is 4.11. The predicted molar refractivity (Wildman–Crippen MR) is 108 cm³/mol. The first-order valence-electron chi connectivity index (χ1n) is 8.47. The van der Waals surface area contributed by atoms with E-state index in [2.05, 4.69) is 10.3 Å². The number of hydrogen-bond donors (Lipinski definition) is 2. The van der Waals surface area contributed by atoms with Crippen molar-refractivity contribution in [1.82, 2.24) is 4.90 Å². The first-order valence-corrected chi connectivity index (χ1v) is 8.47. The molecule has 8 heteroatoms. The van der Waals surface area contributed by atoms with Crippen molar-refractivity contribution in [2.45, 2.75) is 25.7 Å². The molecule has 0 bridgehead atoms. The Kier molecular flexibility index (Phi) is 7.60. The summed E-state index contributed by atoms with van der Waals surface area (Å²) in [6.07, 6.45) is 4.20. The van der Waals surface area contributed by atoms with Crippen LogP contribution in [-0.4, -0.2) is 49.6 Å². The third kappa shape index (κ3) is 5.65. The number of amides is 1. The Hall–Kier alpha value is -1.71. The van der Waals surface area contributed by atoms with Crippen molar-refractivity contribution in [2.75, 3.05) is 38.2 Å². The molecule has 0 radical (unpaired) electrons. The van der Waals surface area contributed by atoms with Crippen molar-refractivity contribution in [3.63, 3.8) is 0 Å². The van der Waals surface area contributed by atoms with Gasteiger partial charge in [-0.05, 0) is 31.4 Å². The van der Waals surface area contributed by atoms with Crippen LogP contribution < -0.4 is 20.5 Å². The number of hydrogen-bond acceptors (Lipinski definition) is 4. The average molecular weight is 460 g/mol. The van der Waals surface area contributed by atoms with Crippen molar-refractivity contribution in [2.24, 2.45) is 10.7 Å². The number of rotatable bonds is 3. The van der Waals surface area contributed by atoms with Crippen LogP contribution in [0.2, 0.25) is 0 Å². The molecule has 0 unspecified atom stereocenters. The van der Waals surface area contributed by atoms with Crippen LogP contribution in [0.1, 0.15) is 25.7 Å². The lowest BCUT2D eigenvalue weighted by Crippen LogP contribution is -2.37. The molecule has 0 aromatic heterocycles. The van der Waals surface area contributed by atoms with Crippen LogP contribution >= 0.6 is 24.0 Å².